The first-order valence-corrected chi connectivity index (χ1v) is 6.02. The van der Waals surface area contributed by atoms with Crippen LogP contribution in [-0.4, -0.2) is 5.11 Å². The third kappa shape index (κ3) is 3.22. The molecular weight excluding hydrogens is 272 g/mol. The Morgan fingerprint density at radius 3 is 2.42 bits per heavy atom. The van der Waals surface area contributed by atoms with Crippen LogP contribution in [0.15, 0.2) is 36.4 Å². The zero-order chi connectivity index (χ0) is 14.0. The van der Waals surface area contributed by atoms with Crippen molar-refractivity contribution in [3.8, 4) is 0 Å². The van der Waals surface area contributed by atoms with Crippen LogP contribution in [0, 0.1) is 11.6 Å². The largest absolute Gasteiger partial charge is 0.398 e. The molecule has 0 aliphatic rings. The van der Waals surface area contributed by atoms with E-state index in [-0.39, 0.29) is 11.4 Å². The number of hydrogen-bond donors (Lipinski definition) is 2. The lowest BCUT2D eigenvalue weighted by molar-refractivity contribution is 0.179. The molecule has 1 atom stereocenters. The van der Waals surface area contributed by atoms with Gasteiger partial charge in [0.15, 0.2) is 0 Å². The van der Waals surface area contributed by atoms with Crippen LogP contribution >= 0.6 is 11.6 Å². The number of hydrogen-bond acceptors (Lipinski definition) is 2. The van der Waals surface area contributed by atoms with Crippen LogP contribution in [-0.2, 0) is 6.42 Å². The van der Waals surface area contributed by atoms with Gasteiger partial charge in [0.25, 0.3) is 0 Å². The van der Waals surface area contributed by atoms with E-state index in [0.29, 0.717) is 16.8 Å². The van der Waals surface area contributed by atoms with Crippen molar-refractivity contribution in [2.24, 2.45) is 0 Å². The summed E-state index contributed by atoms with van der Waals surface area (Å²) in [4.78, 5) is 0. The van der Waals surface area contributed by atoms with Crippen LogP contribution in [0.5, 0.6) is 0 Å². The smallest absolute Gasteiger partial charge is 0.124 e. The molecule has 0 amide bonds. The van der Waals surface area contributed by atoms with E-state index in [4.69, 9.17) is 17.3 Å². The van der Waals surface area contributed by atoms with Crippen LogP contribution < -0.4 is 5.73 Å². The van der Waals surface area contributed by atoms with Crippen molar-refractivity contribution in [1.82, 2.24) is 0 Å². The van der Waals surface area contributed by atoms with E-state index in [1.807, 2.05) is 0 Å². The van der Waals surface area contributed by atoms with E-state index in [1.54, 1.807) is 0 Å². The minimum absolute atomic E-state index is 0.132. The summed E-state index contributed by atoms with van der Waals surface area (Å²) in [5.74, 6) is -0.929. The minimum Gasteiger partial charge on any atom is -0.398 e. The molecule has 5 heteroatoms. The van der Waals surface area contributed by atoms with Gasteiger partial charge in [0, 0.05) is 22.7 Å². The predicted molar refractivity (Wildman–Crippen MR) is 70.9 cm³/mol. The van der Waals surface area contributed by atoms with Gasteiger partial charge < -0.3 is 10.8 Å². The van der Waals surface area contributed by atoms with Crippen molar-refractivity contribution < 1.29 is 13.9 Å². The maximum Gasteiger partial charge on any atom is 0.124 e. The quantitative estimate of drug-likeness (QED) is 0.847. The third-order valence-corrected chi connectivity index (χ3v) is 3.19. The molecule has 100 valence electrons. The molecule has 0 aliphatic heterocycles. The zero-order valence-corrected chi connectivity index (χ0v) is 10.7. The van der Waals surface area contributed by atoms with Crippen molar-refractivity contribution in [3.05, 3.63) is 64.2 Å². The Bertz CT molecular complexity index is 604. The Labute approximate surface area is 114 Å². The molecule has 2 aromatic carbocycles. The van der Waals surface area contributed by atoms with E-state index in [9.17, 15) is 13.9 Å². The Morgan fingerprint density at radius 1 is 1.11 bits per heavy atom. The first-order valence-electron chi connectivity index (χ1n) is 5.64. The topological polar surface area (TPSA) is 46.2 Å². The summed E-state index contributed by atoms with van der Waals surface area (Å²) in [6.45, 7) is 0. The van der Waals surface area contributed by atoms with Crippen molar-refractivity contribution in [1.29, 1.82) is 0 Å². The molecule has 0 heterocycles. The molecule has 2 rings (SSSR count). The maximum absolute atomic E-state index is 13.1. The molecule has 0 spiro atoms. The molecule has 1 unspecified atom stereocenters. The van der Waals surface area contributed by atoms with Crippen molar-refractivity contribution >= 4 is 17.3 Å². The second-order valence-corrected chi connectivity index (χ2v) is 4.64. The number of halogens is 3. The second-order valence-electron chi connectivity index (χ2n) is 4.23. The van der Waals surface area contributed by atoms with Gasteiger partial charge in [-0.25, -0.2) is 8.78 Å². The molecular formula is C14H12ClF2NO. The van der Waals surface area contributed by atoms with E-state index in [2.05, 4.69) is 0 Å². The number of benzene rings is 2. The Hall–Kier alpha value is -1.65. The Morgan fingerprint density at radius 2 is 1.74 bits per heavy atom. The van der Waals surface area contributed by atoms with Gasteiger partial charge in [0.1, 0.15) is 11.6 Å². The van der Waals surface area contributed by atoms with Gasteiger partial charge in [-0.05, 0) is 35.9 Å². The summed E-state index contributed by atoms with van der Waals surface area (Å²) in [6.07, 6.45) is -0.870. The van der Waals surface area contributed by atoms with Gasteiger partial charge >= 0.3 is 0 Å². The molecule has 0 bridgehead atoms. The summed E-state index contributed by atoms with van der Waals surface area (Å²) in [5, 5.41) is 10.3. The highest BCUT2D eigenvalue weighted by molar-refractivity contribution is 6.31. The molecule has 0 fully saturated rings. The van der Waals surface area contributed by atoms with E-state index < -0.39 is 17.7 Å². The van der Waals surface area contributed by atoms with Crippen LogP contribution in [0.3, 0.4) is 0 Å². The average Bonchev–Trinajstić information content (AvgIpc) is 2.35. The molecule has 0 saturated heterocycles. The predicted octanol–water partition coefficient (Wildman–Crippen LogP) is 3.48. The highest BCUT2D eigenvalue weighted by Gasteiger charge is 2.14. The lowest BCUT2D eigenvalue weighted by atomic mass is 10.00. The van der Waals surface area contributed by atoms with Crippen molar-refractivity contribution in [2.45, 2.75) is 12.5 Å². The van der Waals surface area contributed by atoms with Gasteiger partial charge in [-0.3, -0.25) is 0 Å². The fourth-order valence-electron chi connectivity index (χ4n) is 1.84. The zero-order valence-electron chi connectivity index (χ0n) is 9.91. The number of rotatable bonds is 3. The summed E-state index contributed by atoms with van der Waals surface area (Å²) in [7, 11) is 0. The molecule has 2 nitrogen and oxygen atoms in total. The number of nitrogens with two attached hydrogens (primary N) is 1. The van der Waals surface area contributed by atoms with Gasteiger partial charge in [-0.15, -0.1) is 0 Å². The molecule has 0 aliphatic carbocycles. The summed E-state index contributed by atoms with van der Waals surface area (Å²) in [5.41, 5.74) is 6.85. The average molecular weight is 284 g/mol. The summed E-state index contributed by atoms with van der Waals surface area (Å²) in [6, 6.07) is 7.69. The monoisotopic (exact) mass is 283 g/mol. The first-order chi connectivity index (χ1) is 8.97. The van der Waals surface area contributed by atoms with Gasteiger partial charge in [0.2, 0.25) is 0 Å². The number of aliphatic hydroxyl groups is 1. The Balaban J connectivity index is 2.25. The third-order valence-electron chi connectivity index (χ3n) is 2.84. The molecule has 3 N–H and O–H groups in total. The van der Waals surface area contributed by atoms with Gasteiger partial charge in [-0.2, -0.15) is 0 Å². The van der Waals surface area contributed by atoms with Crippen molar-refractivity contribution in [3.63, 3.8) is 0 Å². The first kappa shape index (κ1) is 13.8. The molecule has 0 saturated carbocycles. The number of nitrogen functional groups attached to an aromatic ring is 1. The number of aliphatic hydroxyl groups excluding tert-OH is 1. The van der Waals surface area contributed by atoms with Crippen LogP contribution in [0.4, 0.5) is 14.5 Å². The van der Waals surface area contributed by atoms with Gasteiger partial charge in [0.05, 0.1) is 6.10 Å². The SMILES string of the molecule is Nc1ccc(F)cc1C(O)Cc1ccc(F)cc1Cl. The standard InChI is InChI=1S/C14H12ClF2NO/c15-12-7-10(17)2-1-8(12)5-14(19)11-6-9(16)3-4-13(11)18/h1-4,6-7,14,19H,5,18H2. The lowest BCUT2D eigenvalue weighted by Crippen LogP contribution is -2.06. The van der Waals surface area contributed by atoms with Crippen LogP contribution in [0.25, 0.3) is 0 Å². The minimum atomic E-state index is -1.00. The lowest BCUT2D eigenvalue weighted by Gasteiger charge is -2.14. The van der Waals surface area contributed by atoms with Gasteiger partial charge in [-0.1, -0.05) is 17.7 Å². The highest BCUT2D eigenvalue weighted by atomic mass is 35.5. The van der Waals surface area contributed by atoms with Crippen LogP contribution in [0.2, 0.25) is 5.02 Å². The van der Waals surface area contributed by atoms with E-state index >= 15 is 0 Å². The number of anilines is 1. The summed E-state index contributed by atoms with van der Waals surface area (Å²) < 4.78 is 26.0. The molecule has 19 heavy (non-hydrogen) atoms. The molecule has 2 aromatic rings. The normalized spacial score (nSPS) is 12.4. The maximum atomic E-state index is 13.1. The Kier molecular flexibility index (Phi) is 4.02. The highest BCUT2D eigenvalue weighted by Crippen LogP contribution is 2.27. The second kappa shape index (κ2) is 5.55. The van der Waals surface area contributed by atoms with E-state index in [1.165, 1.54) is 36.4 Å². The van der Waals surface area contributed by atoms with E-state index in [0.717, 1.165) is 0 Å². The molecule has 0 aromatic heterocycles. The van der Waals surface area contributed by atoms with Crippen LogP contribution in [0.1, 0.15) is 17.2 Å². The fraction of sp³-hybridized carbons (Fsp3) is 0.143. The summed E-state index contributed by atoms with van der Waals surface area (Å²) >= 11 is 5.88. The fourth-order valence-corrected chi connectivity index (χ4v) is 2.08. The molecule has 0 radical (unpaired) electrons. The van der Waals surface area contributed by atoms with Crippen molar-refractivity contribution in [2.75, 3.05) is 5.73 Å².